The van der Waals surface area contributed by atoms with Gasteiger partial charge in [-0.3, -0.25) is 9.69 Å². The summed E-state index contributed by atoms with van der Waals surface area (Å²) in [5, 5.41) is 0.667. The summed E-state index contributed by atoms with van der Waals surface area (Å²) in [4.78, 5) is 22.6. The summed E-state index contributed by atoms with van der Waals surface area (Å²) < 4.78 is 29.2. The molecule has 1 saturated heterocycles. The molecular weight excluding hydrogens is 504 g/mol. The Bertz CT molecular complexity index is 1360. The number of hydrogen-bond acceptors (Lipinski definition) is 6. The molecule has 1 aliphatic heterocycles. The van der Waals surface area contributed by atoms with Gasteiger partial charge < -0.3 is 4.90 Å². The Morgan fingerprint density at radius 3 is 2.32 bits per heavy atom. The van der Waals surface area contributed by atoms with E-state index in [2.05, 4.69) is 37.8 Å². The minimum atomic E-state index is -3.60. The van der Waals surface area contributed by atoms with Crippen molar-refractivity contribution in [2.24, 2.45) is 11.8 Å². The van der Waals surface area contributed by atoms with E-state index in [9.17, 15) is 13.2 Å². The fourth-order valence-electron chi connectivity index (χ4n) is 5.18. The highest BCUT2D eigenvalue weighted by atomic mass is 32.2. The average molecular weight is 543 g/mol. The Kier molecular flexibility index (Phi) is 8.38. The Labute approximate surface area is 225 Å². The Hall–Kier alpha value is -2.33. The fourth-order valence-corrected chi connectivity index (χ4v) is 8.03. The number of rotatable bonds is 8. The minimum absolute atomic E-state index is 0.170. The first-order valence-corrected chi connectivity index (χ1v) is 15.2. The lowest BCUT2D eigenvalue weighted by atomic mass is 9.94. The molecule has 2 unspecified atom stereocenters. The highest BCUT2D eigenvalue weighted by molar-refractivity contribution is 7.89. The van der Waals surface area contributed by atoms with E-state index >= 15 is 0 Å². The molecule has 9 heteroatoms. The van der Waals surface area contributed by atoms with Gasteiger partial charge in [0.05, 0.1) is 15.1 Å². The first kappa shape index (κ1) is 27.7. The van der Waals surface area contributed by atoms with Crippen LogP contribution in [0.25, 0.3) is 10.2 Å². The molecule has 1 fully saturated rings. The second kappa shape index (κ2) is 11.2. The molecule has 200 valence electrons. The molecule has 0 aliphatic carbocycles. The number of carbonyl (C=O) groups excluding carboxylic acids is 1. The van der Waals surface area contributed by atoms with Crippen molar-refractivity contribution < 1.29 is 13.2 Å². The predicted molar refractivity (Wildman–Crippen MR) is 152 cm³/mol. The average Bonchev–Trinajstić information content (AvgIpc) is 3.25. The van der Waals surface area contributed by atoms with Gasteiger partial charge in [0.15, 0.2) is 5.13 Å². The van der Waals surface area contributed by atoms with Crippen molar-refractivity contribution in [3.8, 4) is 0 Å². The number of aryl methyl sites for hydroxylation is 2. The van der Waals surface area contributed by atoms with E-state index in [-0.39, 0.29) is 10.8 Å². The van der Waals surface area contributed by atoms with Crippen LogP contribution in [0.3, 0.4) is 0 Å². The standard InChI is InChI=1S/C28H38N4O3S2/c1-19-15-22(4)26-25(16-19)36-28(29-26)32(13-7-12-30(5)6)27(33)23-8-10-24(11-9-23)37(34,35)31-17-20(2)14-21(3)18-31/h8-11,15-16,20-21H,7,12-14,17-18H2,1-6H3. The van der Waals surface area contributed by atoms with Crippen LogP contribution in [-0.4, -0.2) is 68.8 Å². The van der Waals surface area contributed by atoms with Gasteiger partial charge in [-0.25, -0.2) is 13.4 Å². The Balaban J connectivity index is 1.62. The van der Waals surface area contributed by atoms with Crippen molar-refractivity contribution in [3.05, 3.63) is 53.1 Å². The van der Waals surface area contributed by atoms with Crippen LogP contribution in [0, 0.1) is 25.7 Å². The molecule has 7 nitrogen and oxygen atoms in total. The van der Waals surface area contributed by atoms with Gasteiger partial charge in [-0.15, -0.1) is 0 Å². The lowest BCUT2D eigenvalue weighted by Gasteiger charge is -2.34. The summed E-state index contributed by atoms with van der Waals surface area (Å²) in [7, 11) is 0.426. The van der Waals surface area contributed by atoms with Crippen LogP contribution in [0.1, 0.15) is 48.2 Å². The summed E-state index contributed by atoms with van der Waals surface area (Å²) >= 11 is 1.52. The Morgan fingerprint density at radius 1 is 1.05 bits per heavy atom. The number of hydrogen-bond donors (Lipinski definition) is 0. The number of fused-ring (bicyclic) bond motifs is 1. The molecule has 2 heterocycles. The number of piperidine rings is 1. The van der Waals surface area contributed by atoms with Crippen molar-refractivity contribution in [1.29, 1.82) is 0 Å². The maximum Gasteiger partial charge on any atom is 0.260 e. The van der Waals surface area contributed by atoms with E-state index in [1.165, 1.54) is 16.9 Å². The molecule has 0 saturated carbocycles. The topological polar surface area (TPSA) is 73.8 Å². The summed E-state index contributed by atoms with van der Waals surface area (Å²) in [6, 6.07) is 10.6. The zero-order valence-corrected chi connectivity index (χ0v) is 24.3. The maximum atomic E-state index is 13.7. The van der Waals surface area contributed by atoms with Gasteiger partial charge in [-0.05, 0) is 101 Å². The first-order valence-electron chi connectivity index (χ1n) is 12.9. The summed E-state index contributed by atoms with van der Waals surface area (Å²) in [5.41, 5.74) is 3.63. The summed E-state index contributed by atoms with van der Waals surface area (Å²) in [6.07, 6.45) is 1.83. The van der Waals surface area contributed by atoms with Crippen molar-refractivity contribution in [1.82, 2.24) is 14.2 Å². The molecule has 0 N–H and O–H groups in total. The van der Waals surface area contributed by atoms with Crippen LogP contribution in [0.5, 0.6) is 0 Å². The molecule has 1 aliphatic rings. The second-order valence-corrected chi connectivity index (χ2v) is 13.8. The molecule has 37 heavy (non-hydrogen) atoms. The van der Waals surface area contributed by atoms with E-state index in [0.717, 1.165) is 35.2 Å². The normalized spacial score (nSPS) is 19.0. The number of thiazole rings is 1. The van der Waals surface area contributed by atoms with Gasteiger partial charge in [-0.1, -0.05) is 31.3 Å². The van der Waals surface area contributed by atoms with Gasteiger partial charge in [0.25, 0.3) is 5.91 Å². The number of amides is 1. The molecule has 0 radical (unpaired) electrons. The molecule has 2 aromatic carbocycles. The maximum absolute atomic E-state index is 13.7. The smallest absolute Gasteiger partial charge is 0.260 e. The molecule has 2 atom stereocenters. The van der Waals surface area contributed by atoms with Crippen molar-refractivity contribution in [2.45, 2.75) is 45.4 Å². The van der Waals surface area contributed by atoms with Crippen LogP contribution in [-0.2, 0) is 10.0 Å². The monoisotopic (exact) mass is 542 g/mol. The quantitative estimate of drug-likeness (QED) is 0.392. The van der Waals surface area contributed by atoms with Crippen LogP contribution in [0.15, 0.2) is 41.3 Å². The van der Waals surface area contributed by atoms with Crippen molar-refractivity contribution >= 4 is 42.6 Å². The van der Waals surface area contributed by atoms with E-state index in [0.29, 0.717) is 42.2 Å². The van der Waals surface area contributed by atoms with Crippen LogP contribution >= 0.6 is 11.3 Å². The summed E-state index contributed by atoms with van der Waals surface area (Å²) in [5.74, 6) is 0.490. The van der Waals surface area contributed by atoms with Gasteiger partial charge in [-0.2, -0.15) is 4.31 Å². The van der Waals surface area contributed by atoms with Gasteiger partial charge in [0.1, 0.15) is 0 Å². The zero-order chi connectivity index (χ0) is 26.9. The fraction of sp³-hybridized carbons (Fsp3) is 0.500. The largest absolute Gasteiger partial charge is 0.309 e. The Morgan fingerprint density at radius 2 is 1.70 bits per heavy atom. The highest BCUT2D eigenvalue weighted by Crippen LogP contribution is 2.33. The van der Waals surface area contributed by atoms with Crippen LogP contribution < -0.4 is 4.90 Å². The van der Waals surface area contributed by atoms with Crippen LogP contribution in [0.2, 0.25) is 0 Å². The molecule has 1 amide bonds. The van der Waals surface area contributed by atoms with E-state index in [1.807, 2.05) is 21.0 Å². The molecule has 0 bridgehead atoms. The minimum Gasteiger partial charge on any atom is -0.309 e. The third kappa shape index (κ3) is 6.22. The molecule has 1 aromatic heterocycles. The zero-order valence-electron chi connectivity index (χ0n) is 22.7. The number of sulfonamides is 1. The highest BCUT2D eigenvalue weighted by Gasteiger charge is 2.32. The number of aromatic nitrogens is 1. The summed E-state index contributed by atoms with van der Waals surface area (Å²) in [6.45, 7) is 10.7. The third-order valence-electron chi connectivity index (χ3n) is 6.86. The molecule has 4 rings (SSSR count). The lowest BCUT2D eigenvalue weighted by molar-refractivity contribution is 0.0986. The van der Waals surface area contributed by atoms with Crippen molar-refractivity contribution in [3.63, 3.8) is 0 Å². The van der Waals surface area contributed by atoms with Crippen molar-refractivity contribution in [2.75, 3.05) is 45.2 Å². The second-order valence-electron chi connectivity index (χ2n) is 10.8. The van der Waals surface area contributed by atoms with Gasteiger partial charge in [0, 0.05) is 25.2 Å². The SMILES string of the molecule is Cc1cc(C)c2nc(N(CCCN(C)C)C(=O)c3ccc(S(=O)(=O)N4CC(C)CC(C)C4)cc3)sc2c1. The molecular formula is C28H38N4O3S2. The third-order valence-corrected chi connectivity index (χ3v) is 9.73. The molecule has 0 spiro atoms. The van der Waals surface area contributed by atoms with Crippen LogP contribution in [0.4, 0.5) is 5.13 Å². The molecule has 3 aromatic rings. The number of carbonyl (C=O) groups is 1. The van der Waals surface area contributed by atoms with E-state index in [4.69, 9.17) is 4.98 Å². The predicted octanol–water partition coefficient (Wildman–Crippen LogP) is 5.18. The van der Waals surface area contributed by atoms with Gasteiger partial charge >= 0.3 is 0 Å². The number of nitrogens with zero attached hydrogens (tertiary/aromatic N) is 4. The number of anilines is 1. The van der Waals surface area contributed by atoms with E-state index < -0.39 is 10.0 Å². The van der Waals surface area contributed by atoms with E-state index in [1.54, 1.807) is 33.5 Å². The lowest BCUT2D eigenvalue weighted by Crippen LogP contribution is -2.42. The first-order chi connectivity index (χ1) is 17.5. The van der Waals surface area contributed by atoms with Gasteiger partial charge in [0.2, 0.25) is 10.0 Å². The number of benzene rings is 2.